The summed E-state index contributed by atoms with van der Waals surface area (Å²) < 4.78 is 19.0. The molecule has 1 amide bonds. The highest BCUT2D eigenvalue weighted by Crippen LogP contribution is 2.42. The predicted molar refractivity (Wildman–Crippen MR) is 136 cm³/mol. The number of benzene rings is 4. The zero-order valence-electron chi connectivity index (χ0n) is 19.7. The topological polar surface area (TPSA) is 46.6 Å². The Morgan fingerprint density at radius 3 is 2.43 bits per heavy atom. The Kier molecular flexibility index (Phi) is 5.48. The molecule has 0 atom stereocenters. The van der Waals surface area contributed by atoms with Gasteiger partial charge in [0.05, 0.1) is 16.8 Å². The number of hydrogen-bond donors (Lipinski definition) is 0. The second kappa shape index (κ2) is 8.51. The summed E-state index contributed by atoms with van der Waals surface area (Å²) in [6, 6.07) is 24.1. The number of nitrogens with zero attached hydrogens (tertiary/aromatic N) is 1. The normalized spacial score (nSPS) is 14.3. The second-order valence-corrected chi connectivity index (χ2v) is 9.23. The second-order valence-electron chi connectivity index (χ2n) is 9.23. The Morgan fingerprint density at radius 2 is 1.63 bits per heavy atom. The molecule has 174 valence electrons. The van der Waals surface area contributed by atoms with E-state index in [1.165, 1.54) is 18.2 Å². The van der Waals surface area contributed by atoms with E-state index in [1.807, 2.05) is 69.3 Å². The van der Waals surface area contributed by atoms with Gasteiger partial charge in [-0.3, -0.25) is 9.69 Å². The lowest BCUT2D eigenvalue weighted by Gasteiger charge is -2.41. The van der Waals surface area contributed by atoms with Crippen LogP contribution in [0.4, 0.5) is 10.1 Å². The highest BCUT2D eigenvalue weighted by Gasteiger charge is 2.37. The fourth-order valence-electron chi connectivity index (χ4n) is 4.76. The van der Waals surface area contributed by atoms with Crippen LogP contribution in [0.5, 0.6) is 5.75 Å². The molecule has 5 rings (SSSR count). The van der Waals surface area contributed by atoms with E-state index in [2.05, 4.69) is 0 Å². The molecule has 0 saturated carbocycles. The molecule has 0 bridgehead atoms. The van der Waals surface area contributed by atoms with Gasteiger partial charge in [-0.25, -0.2) is 9.18 Å². The molecule has 5 heteroatoms. The molecule has 1 heterocycles. The van der Waals surface area contributed by atoms with Gasteiger partial charge >= 0.3 is 5.97 Å². The first-order valence-electron chi connectivity index (χ1n) is 11.4. The molecule has 4 nitrogen and oxygen atoms in total. The summed E-state index contributed by atoms with van der Waals surface area (Å²) in [7, 11) is 0. The molecule has 1 aliphatic rings. The lowest BCUT2D eigenvalue weighted by atomic mass is 9.87. The third kappa shape index (κ3) is 4.10. The smallest absolute Gasteiger partial charge is 0.343 e. The zero-order valence-corrected chi connectivity index (χ0v) is 19.7. The third-order valence-corrected chi connectivity index (χ3v) is 6.27. The van der Waals surface area contributed by atoms with Gasteiger partial charge in [-0.05, 0) is 79.6 Å². The molecule has 0 aliphatic carbocycles. The molecular formula is C30H24FNO3. The number of rotatable bonds is 3. The van der Waals surface area contributed by atoms with Crippen LogP contribution < -0.4 is 9.64 Å². The number of ether oxygens (including phenoxy) is 1. The minimum atomic E-state index is -0.647. The fraction of sp³-hybridized carbons (Fsp3) is 0.133. The molecule has 4 aromatic carbocycles. The average molecular weight is 466 g/mol. The number of carbonyl (C=O) groups is 2. The molecule has 0 spiro atoms. The van der Waals surface area contributed by atoms with Crippen LogP contribution in [0, 0.1) is 5.82 Å². The van der Waals surface area contributed by atoms with E-state index >= 15 is 0 Å². The summed E-state index contributed by atoms with van der Waals surface area (Å²) in [5.74, 6) is -0.941. The van der Waals surface area contributed by atoms with Gasteiger partial charge in [0.1, 0.15) is 11.6 Å². The SMILES string of the molecule is CC1=CC(C)(C)N(C(=O)c2cccc3ccccc23)c2ccc(OC(=O)c3cccc(F)c3)cc21. The van der Waals surface area contributed by atoms with Gasteiger partial charge in [0, 0.05) is 11.1 Å². The van der Waals surface area contributed by atoms with Crippen molar-refractivity contribution < 1.29 is 18.7 Å². The molecule has 4 aromatic rings. The number of carbonyl (C=O) groups excluding carboxylic acids is 2. The van der Waals surface area contributed by atoms with Crippen LogP contribution in [0.1, 0.15) is 47.1 Å². The summed E-state index contributed by atoms with van der Waals surface area (Å²) >= 11 is 0. The molecule has 0 fully saturated rings. The van der Waals surface area contributed by atoms with Gasteiger partial charge in [-0.15, -0.1) is 0 Å². The van der Waals surface area contributed by atoms with Crippen molar-refractivity contribution >= 4 is 33.9 Å². The molecule has 0 saturated heterocycles. The predicted octanol–water partition coefficient (Wildman–Crippen LogP) is 7.04. The van der Waals surface area contributed by atoms with Gasteiger partial charge in [-0.2, -0.15) is 0 Å². The number of esters is 1. The Labute approximate surface area is 203 Å². The molecule has 0 unspecified atom stereocenters. The minimum Gasteiger partial charge on any atom is -0.423 e. The van der Waals surface area contributed by atoms with Crippen LogP contribution in [0.25, 0.3) is 16.3 Å². The van der Waals surface area contributed by atoms with Crippen molar-refractivity contribution in [3.8, 4) is 5.75 Å². The quantitative estimate of drug-likeness (QED) is 0.241. The van der Waals surface area contributed by atoms with Crippen LogP contribution in [-0.2, 0) is 0 Å². The maximum Gasteiger partial charge on any atom is 0.343 e. The molecule has 0 aromatic heterocycles. The van der Waals surface area contributed by atoms with Crippen molar-refractivity contribution in [3.05, 3.63) is 114 Å². The molecule has 0 radical (unpaired) electrons. The standard InChI is InChI=1S/C30H24FNO3/c1-19-18-30(2,3)32(28(33)25-13-7-9-20-8-4-5-12-24(20)25)27-15-14-23(17-26(19)27)35-29(34)21-10-6-11-22(31)16-21/h4-18H,1-3H3. The number of allylic oxidation sites excluding steroid dienone is 1. The summed E-state index contributed by atoms with van der Waals surface area (Å²) in [5.41, 5.74) is 2.67. The van der Waals surface area contributed by atoms with E-state index in [1.54, 1.807) is 23.1 Å². The van der Waals surface area contributed by atoms with Crippen molar-refractivity contribution in [2.75, 3.05) is 4.90 Å². The molecule has 1 aliphatic heterocycles. The van der Waals surface area contributed by atoms with Gasteiger partial charge in [0.15, 0.2) is 0 Å². The van der Waals surface area contributed by atoms with E-state index in [9.17, 15) is 14.0 Å². The largest absolute Gasteiger partial charge is 0.423 e. The van der Waals surface area contributed by atoms with Gasteiger partial charge in [0.2, 0.25) is 0 Å². The Morgan fingerprint density at radius 1 is 0.886 bits per heavy atom. The number of hydrogen-bond acceptors (Lipinski definition) is 3. The number of anilines is 1. The maximum atomic E-state index is 14.0. The average Bonchev–Trinajstić information content (AvgIpc) is 2.83. The van der Waals surface area contributed by atoms with Gasteiger partial charge < -0.3 is 4.74 Å². The highest BCUT2D eigenvalue weighted by atomic mass is 19.1. The van der Waals surface area contributed by atoms with Crippen molar-refractivity contribution in [2.24, 2.45) is 0 Å². The number of halogens is 1. The van der Waals surface area contributed by atoms with Crippen LogP contribution in [-0.4, -0.2) is 17.4 Å². The van der Waals surface area contributed by atoms with Crippen molar-refractivity contribution in [3.63, 3.8) is 0 Å². The zero-order chi connectivity index (χ0) is 24.7. The van der Waals surface area contributed by atoms with E-state index in [0.29, 0.717) is 11.3 Å². The van der Waals surface area contributed by atoms with Gasteiger partial charge in [0.25, 0.3) is 5.91 Å². The van der Waals surface area contributed by atoms with E-state index < -0.39 is 17.3 Å². The Hall–Kier alpha value is -4.25. The lowest BCUT2D eigenvalue weighted by Crippen LogP contribution is -2.49. The van der Waals surface area contributed by atoms with Crippen LogP contribution in [0.2, 0.25) is 0 Å². The van der Waals surface area contributed by atoms with E-state index in [-0.39, 0.29) is 11.5 Å². The van der Waals surface area contributed by atoms with E-state index in [4.69, 9.17) is 4.74 Å². The highest BCUT2D eigenvalue weighted by molar-refractivity contribution is 6.16. The summed E-state index contributed by atoms with van der Waals surface area (Å²) in [6.45, 7) is 5.97. The Balaban J connectivity index is 1.54. The fourth-order valence-corrected chi connectivity index (χ4v) is 4.76. The third-order valence-electron chi connectivity index (χ3n) is 6.27. The summed E-state index contributed by atoms with van der Waals surface area (Å²) in [5, 5.41) is 1.89. The monoisotopic (exact) mass is 465 g/mol. The van der Waals surface area contributed by atoms with Crippen molar-refractivity contribution in [1.29, 1.82) is 0 Å². The van der Waals surface area contributed by atoms with Crippen LogP contribution in [0.15, 0.2) is 91.0 Å². The molecule has 0 N–H and O–H groups in total. The van der Waals surface area contributed by atoms with Crippen molar-refractivity contribution in [2.45, 2.75) is 26.3 Å². The molecular weight excluding hydrogens is 441 g/mol. The number of amides is 1. The molecule has 35 heavy (non-hydrogen) atoms. The summed E-state index contributed by atoms with van der Waals surface area (Å²) in [6.07, 6.45) is 2.04. The lowest BCUT2D eigenvalue weighted by molar-refractivity contribution is 0.0733. The first kappa shape index (κ1) is 22.5. The van der Waals surface area contributed by atoms with Crippen molar-refractivity contribution in [1.82, 2.24) is 0 Å². The first-order chi connectivity index (χ1) is 16.7. The van der Waals surface area contributed by atoms with E-state index in [0.717, 1.165) is 33.7 Å². The minimum absolute atomic E-state index is 0.110. The van der Waals surface area contributed by atoms with Gasteiger partial charge in [-0.1, -0.05) is 48.5 Å². The summed E-state index contributed by atoms with van der Waals surface area (Å²) in [4.78, 5) is 28.3. The van der Waals surface area contributed by atoms with Crippen LogP contribution >= 0.6 is 0 Å². The maximum absolute atomic E-state index is 14.0. The first-order valence-corrected chi connectivity index (χ1v) is 11.4. The number of fused-ring (bicyclic) bond motifs is 2. The Bertz CT molecular complexity index is 1510. The van der Waals surface area contributed by atoms with Crippen LogP contribution in [0.3, 0.4) is 0 Å².